The van der Waals surface area contributed by atoms with Crippen LogP contribution < -0.4 is 15.4 Å². The highest BCUT2D eigenvalue weighted by atomic mass is 32.2. The minimum Gasteiger partial charge on any atom is -0.496 e. The van der Waals surface area contributed by atoms with Crippen LogP contribution in [0, 0.1) is 5.92 Å². The number of carbonyl (C=O) groups excluding carboxylic acids is 1. The molecule has 2 aromatic carbocycles. The van der Waals surface area contributed by atoms with Crippen LogP contribution in [0.25, 0.3) is 0 Å². The SMILES string of the molecule is COc1ccccc1CNC(=O)C[C@H](C)CC1=NS(=O)(=O)c2ccccc2N1. The van der Waals surface area contributed by atoms with Gasteiger partial charge < -0.3 is 15.4 Å². The van der Waals surface area contributed by atoms with Crippen LogP contribution in [0.5, 0.6) is 5.75 Å². The molecule has 0 aliphatic carbocycles. The molecule has 8 heteroatoms. The summed E-state index contributed by atoms with van der Waals surface area (Å²) in [4.78, 5) is 12.4. The Balaban J connectivity index is 1.56. The van der Waals surface area contributed by atoms with E-state index in [1.165, 1.54) is 6.07 Å². The minimum atomic E-state index is -3.71. The van der Waals surface area contributed by atoms with Crippen molar-refractivity contribution in [2.45, 2.75) is 31.2 Å². The van der Waals surface area contributed by atoms with Crippen molar-refractivity contribution in [1.29, 1.82) is 0 Å². The summed E-state index contributed by atoms with van der Waals surface area (Å²) in [6.07, 6.45) is 0.618. The van der Waals surface area contributed by atoms with Crippen LogP contribution >= 0.6 is 0 Å². The Hall–Kier alpha value is -2.87. The van der Waals surface area contributed by atoms with E-state index in [9.17, 15) is 13.2 Å². The quantitative estimate of drug-likeness (QED) is 0.744. The van der Waals surface area contributed by atoms with Crippen molar-refractivity contribution >= 4 is 27.5 Å². The van der Waals surface area contributed by atoms with Crippen LogP contribution in [0.4, 0.5) is 5.69 Å². The zero-order chi connectivity index (χ0) is 20.1. The molecule has 2 N–H and O–H groups in total. The van der Waals surface area contributed by atoms with Gasteiger partial charge in [0.1, 0.15) is 16.5 Å². The number of amides is 1. The van der Waals surface area contributed by atoms with Gasteiger partial charge in [0, 0.05) is 24.9 Å². The number of methoxy groups -OCH3 is 1. The van der Waals surface area contributed by atoms with Gasteiger partial charge in [-0.15, -0.1) is 4.40 Å². The highest BCUT2D eigenvalue weighted by Crippen LogP contribution is 2.28. The van der Waals surface area contributed by atoms with E-state index in [-0.39, 0.29) is 23.1 Å². The lowest BCUT2D eigenvalue weighted by Crippen LogP contribution is -2.27. The van der Waals surface area contributed by atoms with Crippen molar-refractivity contribution < 1.29 is 17.9 Å². The maximum absolute atomic E-state index is 12.3. The molecule has 0 saturated carbocycles. The summed E-state index contributed by atoms with van der Waals surface area (Å²) in [7, 11) is -2.12. The van der Waals surface area contributed by atoms with Crippen LogP contribution in [0.3, 0.4) is 0 Å². The molecule has 2 aromatic rings. The van der Waals surface area contributed by atoms with Gasteiger partial charge in [-0.3, -0.25) is 4.79 Å². The normalized spacial score (nSPS) is 15.6. The van der Waals surface area contributed by atoms with Gasteiger partial charge in [0.25, 0.3) is 10.0 Å². The summed E-state index contributed by atoms with van der Waals surface area (Å²) < 4.78 is 33.7. The summed E-state index contributed by atoms with van der Waals surface area (Å²) >= 11 is 0. The molecule has 1 aliphatic heterocycles. The summed E-state index contributed by atoms with van der Waals surface area (Å²) in [5.74, 6) is 0.881. The summed E-state index contributed by atoms with van der Waals surface area (Å²) in [5, 5.41) is 5.93. The molecule has 0 unspecified atom stereocenters. The molecule has 1 atom stereocenters. The zero-order valence-corrected chi connectivity index (χ0v) is 16.6. The number of rotatable bonds is 7. The molecule has 1 aliphatic rings. The number of ether oxygens (including phenoxy) is 1. The molecule has 0 aromatic heterocycles. The molecule has 1 heterocycles. The van der Waals surface area contributed by atoms with Crippen molar-refractivity contribution in [2.75, 3.05) is 12.4 Å². The highest BCUT2D eigenvalue weighted by molar-refractivity contribution is 7.90. The Morgan fingerprint density at radius 1 is 1.18 bits per heavy atom. The van der Waals surface area contributed by atoms with Crippen LogP contribution in [-0.4, -0.2) is 27.3 Å². The Bertz CT molecular complexity index is 1000. The molecule has 1 amide bonds. The van der Waals surface area contributed by atoms with Crippen molar-refractivity contribution in [3.05, 3.63) is 54.1 Å². The van der Waals surface area contributed by atoms with E-state index in [0.717, 1.165) is 11.3 Å². The minimum absolute atomic E-state index is 0.0793. The summed E-state index contributed by atoms with van der Waals surface area (Å²) in [6.45, 7) is 2.26. The van der Waals surface area contributed by atoms with Gasteiger partial charge in [-0.1, -0.05) is 37.3 Å². The highest BCUT2D eigenvalue weighted by Gasteiger charge is 2.25. The van der Waals surface area contributed by atoms with E-state index < -0.39 is 10.0 Å². The first-order chi connectivity index (χ1) is 13.4. The Kier molecular flexibility index (Phi) is 5.99. The second-order valence-electron chi connectivity index (χ2n) is 6.74. The van der Waals surface area contributed by atoms with Crippen molar-refractivity contribution in [2.24, 2.45) is 10.3 Å². The number of hydrogen-bond donors (Lipinski definition) is 2. The molecule has 28 heavy (non-hydrogen) atoms. The third-order valence-electron chi connectivity index (χ3n) is 4.42. The Morgan fingerprint density at radius 2 is 1.89 bits per heavy atom. The first kappa shape index (κ1) is 19.9. The topological polar surface area (TPSA) is 96.9 Å². The van der Waals surface area contributed by atoms with Gasteiger partial charge in [-0.2, -0.15) is 8.42 Å². The maximum atomic E-state index is 12.3. The molecule has 0 radical (unpaired) electrons. The molecule has 3 rings (SSSR count). The first-order valence-electron chi connectivity index (χ1n) is 8.97. The van der Waals surface area contributed by atoms with Gasteiger partial charge in [0.2, 0.25) is 5.91 Å². The lowest BCUT2D eigenvalue weighted by atomic mass is 10.0. The number of carbonyl (C=O) groups is 1. The van der Waals surface area contributed by atoms with Crippen LogP contribution in [0.1, 0.15) is 25.3 Å². The fourth-order valence-electron chi connectivity index (χ4n) is 3.09. The van der Waals surface area contributed by atoms with Crippen molar-refractivity contribution in [3.8, 4) is 5.75 Å². The molecule has 0 spiro atoms. The number of amidine groups is 1. The number of sulfonamides is 1. The van der Waals surface area contributed by atoms with E-state index >= 15 is 0 Å². The molecular weight excluding hydrogens is 378 g/mol. The molecular formula is C20H23N3O4S. The predicted molar refractivity (Wildman–Crippen MR) is 108 cm³/mol. The first-order valence-corrected chi connectivity index (χ1v) is 10.4. The van der Waals surface area contributed by atoms with Gasteiger partial charge in [-0.05, 0) is 24.1 Å². The van der Waals surface area contributed by atoms with Crippen molar-refractivity contribution in [1.82, 2.24) is 5.32 Å². The fourth-order valence-corrected chi connectivity index (χ4v) is 4.25. The lowest BCUT2D eigenvalue weighted by Gasteiger charge is -2.20. The number of benzene rings is 2. The van der Waals surface area contributed by atoms with E-state index in [1.807, 2.05) is 31.2 Å². The van der Waals surface area contributed by atoms with Crippen LogP contribution in [0.2, 0.25) is 0 Å². The van der Waals surface area contributed by atoms with Crippen molar-refractivity contribution in [3.63, 3.8) is 0 Å². The fraction of sp³-hybridized carbons (Fsp3) is 0.300. The van der Waals surface area contributed by atoms with Crippen LogP contribution in [-0.2, 0) is 21.4 Å². The third-order valence-corrected chi connectivity index (χ3v) is 5.79. The Labute approximate surface area is 164 Å². The van der Waals surface area contributed by atoms with E-state index in [2.05, 4.69) is 15.0 Å². The molecule has 0 fully saturated rings. The average Bonchev–Trinajstić information content (AvgIpc) is 2.66. The second kappa shape index (κ2) is 8.43. The summed E-state index contributed by atoms with van der Waals surface area (Å²) in [6, 6.07) is 14.1. The number of anilines is 1. The lowest BCUT2D eigenvalue weighted by molar-refractivity contribution is -0.122. The molecule has 148 valence electrons. The maximum Gasteiger partial charge on any atom is 0.286 e. The number of para-hydroxylation sites is 2. The number of nitrogens with one attached hydrogen (secondary N) is 2. The standard InChI is InChI=1S/C20H23N3O4S/c1-14(12-20(24)21-13-15-7-3-5-9-17(15)27-2)11-19-22-16-8-4-6-10-18(16)28(25,26)23-19/h3-10,14H,11-13H2,1-2H3,(H,21,24)(H,22,23)/t14-/m1/s1. The van der Waals surface area contributed by atoms with Gasteiger partial charge >= 0.3 is 0 Å². The largest absolute Gasteiger partial charge is 0.496 e. The third kappa shape index (κ3) is 4.69. The average molecular weight is 401 g/mol. The van der Waals surface area contributed by atoms with Crippen LogP contribution in [0.15, 0.2) is 57.8 Å². The van der Waals surface area contributed by atoms with Gasteiger partial charge in [0.15, 0.2) is 0 Å². The van der Waals surface area contributed by atoms with Gasteiger partial charge in [0.05, 0.1) is 12.8 Å². The summed E-state index contributed by atoms with van der Waals surface area (Å²) in [5.41, 5.74) is 1.41. The molecule has 0 bridgehead atoms. The second-order valence-corrected chi connectivity index (χ2v) is 8.31. The number of fused-ring (bicyclic) bond motifs is 1. The van der Waals surface area contributed by atoms with E-state index in [1.54, 1.807) is 25.3 Å². The number of nitrogens with zero attached hydrogens (tertiary/aromatic N) is 1. The molecule has 7 nitrogen and oxygen atoms in total. The monoisotopic (exact) mass is 401 g/mol. The number of hydrogen-bond acceptors (Lipinski definition) is 5. The Morgan fingerprint density at radius 3 is 2.68 bits per heavy atom. The van der Waals surface area contributed by atoms with E-state index in [0.29, 0.717) is 24.5 Å². The van der Waals surface area contributed by atoms with Gasteiger partial charge in [-0.25, -0.2) is 0 Å². The smallest absolute Gasteiger partial charge is 0.286 e. The zero-order valence-electron chi connectivity index (χ0n) is 15.8. The van der Waals surface area contributed by atoms with E-state index in [4.69, 9.17) is 4.74 Å². The predicted octanol–water partition coefficient (Wildman–Crippen LogP) is 2.94. The molecule has 0 saturated heterocycles.